The third-order valence-electron chi connectivity index (χ3n) is 4.54. The monoisotopic (exact) mass is 463 g/mol. The lowest BCUT2D eigenvalue weighted by atomic mass is 10.1. The molecular weight excluding hydrogens is 442 g/mol. The van der Waals surface area contributed by atoms with E-state index < -0.39 is 24.4 Å². The van der Waals surface area contributed by atoms with Gasteiger partial charge in [-0.3, -0.25) is 9.59 Å². The second-order valence-corrected chi connectivity index (χ2v) is 6.82. The van der Waals surface area contributed by atoms with Crippen molar-refractivity contribution in [3.63, 3.8) is 0 Å². The van der Waals surface area contributed by atoms with Crippen molar-refractivity contribution < 1.29 is 28.6 Å². The van der Waals surface area contributed by atoms with Crippen LogP contribution in [0.3, 0.4) is 0 Å². The quantitative estimate of drug-likeness (QED) is 0.485. The van der Waals surface area contributed by atoms with E-state index in [4.69, 9.17) is 14.2 Å². The van der Waals surface area contributed by atoms with Crippen molar-refractivity contribution in [2.24, 2.45) is 0 Å². The molecule has 11 heteroatoms. The van der Waals surface area contributed by atoms with Crippen LogP contribution < -0.4 is 20.1 Å². The summed E-state index contributed by atoms with van der Waals surface area (Å²) in [5, 5.41) is 18.6. The lowest BCUT2D eigenvalue weighted by Gasteiger charge is -2.15. The van der Waals surface area contributed by atoms with Crippen LogP contribution in [0.15, 0.2) is 48.7 Å². The summed E-state index contributed by atoms with van der Waals surface area (Å²) in [5.74, 6) is -1.32. The molecule has 2 aromatic carbocycles. The van der Waals surface area contributed by atoms with Crippen LogP contribution >= 0.6 is 0 Å². The van der Waals surface area contributed by atoms with Crippen molar-refractivity contribution in [2.45, 2.75) is 6.92 Å². The Kier molecular flexibility index (Phi) is 7.45. The number of rotatable bonds is 8. The molecule has 1 heterocycles. The SMILES string of the molecule is COc1cc(NC(C)=O)c(C(=O)OCC(=O)Nc2c(C#N)cnn2-c2ccccc2)cc1OC. The standard InChI is InChI=1S/C23H21N5O6/c1-14(29)26-18-10-20(33-3)19(32-2)9-17(18)23(31)34-13-21(30)27-22-15(11-24)12-25-28(22)16-7-5-4-6-8-16/h4-10,12H,13H2,1-3H3,(H,26,29)(H,27,30). The van der Waals surface area contributed by atoms with Crippen molar-refractivity contribution in [1.29, 1.82) is 5.26 Å². The molecule has 0 fully saturated rings. The van der Waals surface area contributed by atoms with Gasteiger partial charge in [0, 0.05) is 19.1 Å². The third-order valence-corrected chi connectivity index (χ3v) is 4.54. The van der Waals surface area contributed by atoms with Gasteiger partial charge in [0.2, 0.25) is 5.91 Å². The topological polar surface area (TPSA) is 145 Å². The summed E-state index contributed by atoms with van der Waals surface area (Å²) in [4.78, 5) is 36.8. The summed E-state index contributed by atoms with van der Waals surface area (Å²) in [5.41, 5.74) is 0.857. The van der Waals surface area contributed by atoms with Crippen LogP contribution in [0, 0.1) is 11.3 Å². The Morgan fingerprint density at radius 2 is 1.74 bits per heavy atom. The normalized spacial score (nSPS) is 10.1. The number of nitrogens with one attached hydrogen (secondary N) is 2. The summed E-state index contributed by atoms with van der Waals surface area (Å²) < 4.78 is 16.9. The van der Waals surface area contributed by atoms with Crippen molar-refractivity contribution in [1.82, 2.24) is 9.78 Å². The number of carbonyl (C=O) groups excluding carboxylic acids is 3. The van der Waals surface area contributed by atoms with Crippen LogP contribution in [-0.4, -0.2) is 48.4 Å². The van der Waals surface area contributed by atoms with Gasteiger partial charge in [-0.2, -0.15) is 10.4 Å². The van der Waals surface area contributed by atoms with E-state index in [2.05, 4.69) is 15.7 Å². The van der Waals surface area contributed by atoms with E-state index in [1.54, 1.807) is 24.3 Å². The molecule has 3 aromatic rings. The smallest absolute Gasteiger partial charge is 0.340 e. The maximum absolute atomic E-state index is 12.7. The zero-order valence-electron chi connectivity index (χ0n) is 18.6. The van der Waals surface area contributed by atoms with Gasteiger partial charge in [-0.1, -0.05) is 18.2 Å². The Bertz CT molecular complexity index is 1260. The first-order chi connectivity index (χ1) is 16.4. The molecule has 0 aliphatic heterocycles. The highest BCUT2D eigenvalue weighted by Crippen LogP contribution is 2.33. The second-order valence-electron chi connectivity index (χ2n) is 6.82. The molecule has 0 saturated heterocycles. The molecule has 2 amide bonds. The van der Waals surface area contributed by atoms with Gasteiger partial charge < -0.3 is 24.8 Å². The first-order valence-electron chi connectivity index (χ1n) is 9.92. The van der Waals surface area contributed by atoms with E-state index in [0.29, 0.717) is 11.4 Å². The molecule has 0 bridgehead atoms. The average molecular weight is 463 g/mol. The number of aromatic nitrogens is 2. The highest BCUT2D eigenvalue weighted by atomic mass is 16.5. The number of hydrogen-bond donors (Lipinski definition) is 2. The van der Waals surface area contributed by atoms with Crippen LogP contribution in [0.25, 0.3) is 5.69 Å². The molecule has 2 N–H and O–H groups in total. The number of carbonyl (C=O) groups is 3. The molecule has 0 spiro atoms. The zero-order valence-corrected chi connectivity index (χ0v) is 18.6. The van der Waals surface area contributed by atoms with E-state index in [0.717, 1.165) is 0 Å². The van der Waals surface area contributed by atoms with Crippen molar-refractivity contribution in [3.05, 3.63) is 59.8 Å². The van der Waals surface area contributed by atoms with Gasteiger partial charge in [0.1, 0.15) is 11.6 Å². The molecule has 0 aliphatic carbocycles. The number of para-hydroxylation sites is 1. The minimum Gasteiger partial charge on any atom is -0.493 e. The van der Waals surface area contributed by atoms with Crippen LogP contribution in [0.5, 0.6) is 11.5 Å². The Labute approximate surface area is 194 Å². The zero-order chi connectivity index (χ0) is 24.7. The number of anilines is 2. The Balaban J connectivity index is 1.78. The fourth-order valence-corrected chi connectivity index (χ4v) is 3.03. The molecule has 1 aromatic heterocycles. The molecule has 0 atom stereocenters. The van der Waals surface area contributed by atoms with Crippen LogP contribution in [0.1, 0.15) is 22.8 Å². The Hall–Kier alpha value is -4.85. The number of amides is 2. The fraction of sp³-hybridized carbons (Fsp3) is 0.174. The third kappa shape index (κ3) is 5.31. The average Bonchev–Trinajstić information content (AvgIpc) is 3.24. The summed E-state index contributed by atoms with van der Waals surface area (Å²) in [6, 6.07) is 13.6. The summed E-state index contributed by atoms with van der Waals surface area (Å²) in [7, 11) is 2.80. The molecule has 0 radical (unpaired) electrons. The van der Waals surface area contributed by atoms with Crippen molar-refractivity contribution in [3.8, 4) is 23.3 Å². The number of nitriles is 1. The van der Waals surface area contributed by atoms with Crippen molar-refractivity contribution in [2.75, 3.05) is 31.5 Å². The minimum atomic E-state index is -0.878. The molecule has 0 unspecified atom stereocenters. The van der Waals surface area contributed by atoms with Crippen LogP contribution in [0.2, 0.25) is 0 Å². The molecule has 0 aliphatic rings. The van der Waals surface area contributed by atoms with Gasteiger partial charge in [0.15, 0.2) is 23.9 Å². The highest BCUT2D eigenvalue weighted by Gasteiger charge is 2.21. The molecule has 0 saturated carbocycles. The van der Waals surface area contributed by atoms with Gasteiger partial charge in [-0.25, -0.2) is 9.48 Å². The van der Waals surface area contributed by atoms with Gasteiger partial charge in [0.05, 0.1) is 37.4 Å². The van der Waals surface area contributed by atoms with Gasteiger partial charge >= 0.3 is 5.97 Å². The van der Waals surface area contributed by atoms with E-state index in [9.17, 15) is 19.6 Å². The number of nitrogens with zero attached hydrogens (tertiary/aromatic N) is 3. The van der Waals surface area contributed by atoms with E-state index in [1.165, 1.54) is 44.2 Å². The van der Waals surface area contributed by atoms with Gasteiger partial charge in [-0.05, 0) is 12.1 Å². The number of benzene rings is 2. The summed E-state index contributed by atoms with van der Waals surface area (Å²) >= 11 is 0. The maximum Gasteiger partial charge on any atom is 0.340 e. The van der Waals surface area contributed by atoms with Gasteiger partial charge in [0.25, 0.3) is 5.91 Å². The highest BCUT2D eigenvalue weighted by molar-refractivity contribution is 6.03. The maximum atomic E-state index is 12.7. The predicted octanol–water partition coefficient (Wildman–Crippen LogP) is 2.52. The molecule has 34 heavy (non-hydrogen) atoms. The largest absolute Gasteiger partial charge is 0.493 e. The number of ether oxygens (including phenoxy) is 3. The van der Waals surface area contributed by atoms with Crippen molar-refractivity contribution >= 4 is 29.3 Å². The Morgan fingerprint density at radius 1 is 1.06 bits per heavy atom. The number of hydrogen-bond acceptors (Lipinski definition) is 8. The Morgan fingerprint density at radius 3 is 2.35 bits per heavy atom. The van der Waals surface area contributed by atoms with Crippen LogP contribution in [-0.2, 0) is 14.3 Å². The molecule has 3 rings (SSSR count). The van der Waals surface area contributed by atoms with E-state index >= 15 is 0 Å². The second kappa shape index (κ2) is 10.6. The number of methoxy groups -OCH3 is 2. The minimum absolute atomic E-state index is 0.0345. The summed E-state index contributed by atoms with van der Waals surface area (Å²) in [6.07, 6.45) is 1.32. The van der Waals surface area contributed by atoms with E-state index in [-0.39, 0.29) is 28.4 Å². The molecule has 174 valence electrons. The van der Waals surface area contributed by atoms with Crippen LogP contribution in [0.4, 0.5) is 11.5 Å². The summed E-state index contributed by atoms with van der Waals surface area (Å²) in [6.45, 7) is 0.624. The predicted molar refractivity (Wildman–Crippen MR) is 121 cm³/mol. The fourth-order valence-electron chi connectivity index (χ4n) is 3.03. The first-order valence-corrected chi connectivity index (χ1v) is 9.92. The lowest BCUT2D eigenvalue weighted by molar-refractivity contribution is -0.119. The number of esters is 1. The molecular formula is C23H21N5O6. The first kappa shape index (κ1) is 23.8. The lowest BCUT2D eigenvalue weighted by Crippen LogP contribution is -2.23. The molecule has 11 nitrogen and oxygen atoms in total. The van der Waals surface area contributed by atoms with E-state index in [1.807, 2.05) is 12.1 Å². The van der Waals surface area contributed by atoms with Gasteiger partial charge in [-0.15, -0.1) is 0 Å².